The van der Waals surface area contributed by atoms with E-state index in [0.717, 1.165) is 19.3 Å². The number of carbonyl (C=O) groups excluding carboxylic acids is 1. The summed E-state index contributed by atoms with van der Waals surface area (Å²) in [5, 5.41) is 11.9. The van der Waals surface area contributed by atoms with Crippen molar-refractivity contribution in [2.24, 2.45) is 0 Å². The van der Waals surface area contributed by atoms with Gasteiger partial charge in [0.1, 0.15) is 16.2 Å². The molecule has 4 nitrogen and oxygen atoms in total. The lowest BCUT2D eigenvalue weighted by Crippen LogP contribution is -2.25. The van der Waals surface area contributed by atoms with Gasteiger partial charge in [-0.3, -0.25) is 4.79 Å². The molecule has 1 aromatic carbocycles. The summed E-state index contributed by atoms with van der Waals surface area (Å²) in [5.41, 5.74) is 1.92. The van der Waals surface area contributed by atoms with Gasteiger partial charge < -0.3 is 5.32 Å². The zero-order valence-electron chi connectivity index (χ0n) is 13.2. The van der Waals surface area contributed by atoms with Gasteiger partial charge in [-0.15, -0.1) is 0 Å². The van der Waals surface area contributed by atoms with Gasteiger partial charge in [0.2, 0.25) is 0 Å². The minimum absolute atomic E-state index is 0.0589. The molecule has 1 heterocycles. The Hall–Kier alpha value is -2.45. The summed E-state index contributed by atoms with van der Waals surface area (Å²) in [5.74, 6) is -0.362. The lowest BCUT2D eigenvalue weighted by Gasteiger charge is -2.05. The first-order valence-electron chi connectivity index (χ1n) is 7.75. The van der Waals surface area contributed by atoms with Crippen molar-refractivity contribution < 1.29 is 4.79 Å². The maximum Gasteiger partial charge on any atom is 0.262 e. The largest absolute Gasteiger partial charge is 0.351 e. The number of carbonyl (C=O) groups is 1. The number of nitrogens with one attached hydrogen (secondary N) is 1. The SMILES string of the molecule is N#C/C(=C\c1cccc(Br)n1)C(=O)NCCCCc1ccccc1. The van der Waals surface area contributed by atoms with Crippen LogP contribution < -0.4 is 5.32 Å². The van der Waals surface area contributed by atoms with Crippen LogP contribution in [0.3, 0.4) is 0 Å². The van der Waals surface area contributed by atoms with Crippen molar-refractivity contribution in [3.63, 3.8) is 0 Å². The first-order valence-corrected chi connectivity index (χ1v) is 8.55. The van der Waals surface area contributed by atoms with Crippen molar-refractivity contribution in [3.8, 4) is 6.07 Å². The standard InChI is InChI=1S/C19H18BrN3O/c20-18-11-6-10-17(23-18)13-16(14-21)19(24)22-12-5-4-9-15-7-2-1-3-8-15/h1-3,6-8,10-11,13H,4-5,9,12H2,(H,22,24)/b16-13+. The Kier molecular flexibility index (Phi) is 7.19. The minimum Gasteiger partial charge on any atom is -0.351 e. The van der Waals surface area contributed by atoms with Gasteiger partial charge in [-0.05, 0) is 59.0 Å². The van der Waals surface area contributed by atoms with Crippen LogP contribution in [-0.4, -0.2) is 17.4 Å². The van der Waals surface area contributed by atoms with Gasteiger partial charge in [-0.25, -0.2) is 4.98 Å². The van der Waals surface area contributed by atoms with Gasteiger partial charge in [0.05, 0.1) is 5.69 Å². The fourth-order valence-electron chi connectivity index (χ4n) is 2.20. The molecule has 0 spiro atoms. The maximum atomic E-state index is 12.1. The second-order valence-corrected chi connectivity index (χ2v) is 6.07. The molecule has 0 aliphatic rings. The van der Waals surface area contributed by atoms with E-state index in [2.05, 4.69) is 38.4 Å². The summed E-state index contributed by atoms with van der Waals surface area (Å²) < 4.78 is 0.662. The molecule has 2 aromatic rings. The topological polar surface area (TPSA) is 65.8 Å². The van der Waals surface area contributed by atoms with E-state index in [1.807, 2.05) is 24.3 Å². The number of rotatable bonds is 7. The van der Waals surface area contributed by atoms with Crippen LogP contribution in [-0.2, 0) is 11.2 Å². The summed E-state index contributed by atoms with van der Waals surface area (Å²) in [6.07, 6.45) is 4.33. The number of hydrogen-bond donors (Lipinski definition) is 1. The van der Waals surface area contributed by atoms with Crippen LogP contribution in [0.25, 0.3) is 6.08 Å². The van der Waals surface area contributed by atoms with Crippen molar-refractivity contribution in [1.29, 1.82) is 5.26 Å². The fraction of sp³-hybridized carbons (Fsp3) is 0.211. The molecule has 0 aliphatic heterocycles. The lowest BCUT2D eigenvalue weighted by atomic mass is 10.1. The average molecular weight is 384 g/mol. The number of nitriles is 1. The number of nitrogens with zero attached hydrogens (tertiary/aromatic N) is 2. The second-order valence-electron chi connectivity index (χ2n) is 5.25. The molecule has 0 radical (unpaired) electrons. The molecule has 5 heteroatoms. The monoisotopic (exact) mass is 383 g/mol. The number of aryl methyl sites for hydroxylation is 1. The zero-order valence-corrected chi connectivity index (χ0v) is 14.8. The van der Waals surface area contributed by atoms with Crippen LogP contribution in [0.1, 0.15) is 24.1 Å². The summed E-state index contributed by atoms with van der Waals surface area (Å²) in [7, 11) is 0. The Morgan fingerprint density at radius 3 is 2.67 bits per heavy atom. The van der Waals surface area contributed by atoms with Gasteiger partial charge in [0.15, 0.2) is 0 Å². The van der Waals surface area contributed by atoms with Gasteiger partial charge in [0, 0.05) is 6.54 Å². The molecule has 24 heavy (non-hydrogen) atoms. The van der Waals surface area contributed by atoms with Gasteiger partial charge in [0.25, 0.3) is 5.91 Å². The van der Waals surface area contributed by atoms with Crippen molar-refractivity contribution in [3.05, 3.63) is 70.0 Å². The number of halogens is 1. The number of aromatic nitrogens is 1. The predicted molar refractivity (Wildman–Crippen MR) is 97.9 cm³/mol. The number of amides is 1. The highest BCUT2D eigenvalue weighted by Crippen LogP contribution is 2.10. The first-order chi connectivity index (χ1) is 11.7. The molecular formula is C19H18BrN3O. The second kappa shape index (κ2) is 9.64. The fourth-order valence-corrected chi connectivity index (χ4v) is 2.55. The smallest absolute Gasteiger partial charge is 0.262 e. The number of pyridine rings is 1. The molecule has 0 unspecified atom stereocenters. The van der Waals surface area contributed by atoms with Crippen LogP contribution >= 0.6 is 15.9 Å². The van der Waals surface area contributed by atoms with E-state index in [1.165, 1.54) is 11.6 Å². The Labute approximate surface area is 150 Å². The van der Waals surface area contributed by atoms with Crippen LogP contribution in [0.15, 0.2) is 58.7 Å². The van der Waals surface area contributed by atoms with Crippen LogP contribution in [0.5, 0.6) is 0 Å². The van der Waals surface area contributed by atoms with Crippen molar-refractivity contribution in [2.75, 3.05) is 6.54 Å². The highest BCUT2D eigenvalue weighted by atomic mass is 79.9. The molecule has 0 saturated carbocycles. The highest BCUT2D eigenvalue weighted by molar-refractivity contribution is 9.10. The third kappa shape index (κ3) is 5.98. The average Bonchev–Trinajstić information content (AvgIpc) is 2.60. The predicted octanol–water partition coefficient (Wildman–Crippen LogP) is 3.89. The van der Waals surface area contributed by atoms with Gasteiger partial charge in [-0.1, -0.05) is 36.4 Å². The Balaban J connectivity index is 1.79. The third-order valence-corrected chi connectivity index (χ3v) is 3.86. The zero-order chi connectivity index (χ0) is 17.2. The number of benzene rings is 1. The van der Waals surface area contributed by atoms with Gasteiger partial charge >= 0.3 is 0 Å². The molecule has 0 atom stereocenters. The van der Waals surface area contributed by atoms with Crippen molar-refractivity contribution >= 4 is 27.9 Å². The first kappa shape index (κ1) is 17.9. The molecular weight excluding hydrogens is 366 g/mol. The van der Waals surface area contributed by atoms with Crippen LogP contribution in [0.2, 0.25) is 0 Å². The molecule has 122 valence electrons. The Morgan fingerprint density at radius 1 is 1.17 bits per heavy atom. The molecule has 1 amide bonds. The maximum absolute atomic E-state index is 12.1. The molecule has 0 fully saturated rings. The molecule has 1 N–H and O–H groups in total. The van der Waals surface area contributed by atoms with E-state index in [1.54, 1.807) is 18.2 Å². The molecule has 0 bridgehead atoms. The summed E-state index contributed by atoms with van der Waals surface area (Å²) in [6, 6.07) is 17.5. The van der Waals surface area contributed by atoms with E-state index >= 15 is 0 Å². The van der Waals surface area contributed by atoms with Gasteiger partial charge in [-0.2, -0.15) is 5.26 Å². The minimum atomic E-state index is -0.362. The number of hydrogen-bond acceptors (Lipinski definition) is 3. The molecule has 0 aliphatic carbocycles. The quantitative estimate of drug-likeness (QED) is 0.341. The lowest BCUT2D eigenvalue weighted by molar-refractivity contribution is -0.117. The van der Waals surface area contributed by atoms with E-state index in [0.29, 0.717) is 16.8 Å². The summed E-state index contributed by atoms with van der Waals surface area (Å²) >= 11 is 3.27. The summed E-state index contributed by atoms with van der Waals surface area (Å²) in [6.45, 7) is 0.552. The van der Waals surface area contributed by atoms with E-state index in [9.17, 15) is 4.79 Å². The summed E-state index contributed by atoms with van der Waals surface area (Å²) in [4.78, 5) is 16.3. The van der Waals surface area contributed by atoms with Crippen LogP contribution in [0, 0.1) is 11.3 Å². The van der Waals surface area contributed by atoms with E-state index in [-0.39, 0.29) is 11.5 Å². The van der Waals surface area contributed by atoms with Crippen LogP contribution in [0.4, 0.5) is 0 Å². The molecule has 0 saturated heterocycles. The Morgan fingerprint density at radius 2 is 1.96 bits per heavy atom. The highest BCUT2D eigenvalue weighted by Gasteiger charge is 2.08. The molecule has 2 rings (SSSR count). The van der Waals surface area contributed by atoms with E-state index < -0.39 is 0 Å². The Bertz CT molecular complexity index is 751. The number of unbranched alkanes of at least 4 members (excludes halogenated alkanes) is 1. The normalized spacial score (nSPS) is 10.9. The molecule has 1 aromatic heterocycles. The van der Waals surface area contributed by atoms with E-state index in [4.69, 9.17) is 5.26 Å². The van der Waals surface area contributed by atoms with Crippen molar-refractivity contribution in [1.82, 2.24) is 10.3 Å². The third-order valence-electron chi connectivity index (χ3n) is 3.41. The van der Waals surface area contributed by atoms with Crippen molar-refractivity contribution in [2.45, 2.75) is 19.3 Å².